The minimum Gasteiger partial charge on any atom is -0.462 e. The molecule has 0 aliphatic rings. The summed E-state index contributed by atoms with van der Waals surface area (Å²) in [6, 6.07) is 0. The maximum Gasteiger partial charge on any atom is 0.306 e. The van der Waals surface area contributed by atoms with Gasteiger partial charge < -0.3 is 14.2 Å². The van der Waals surface area contributed by atoms with E-state index in [0.717, 1.165) is 116 Å². The van der Waals surface area contributed by atoms with Gasteiger partial charge in [0, 0.05) is 19.3 Å². The van der Waals surface area contributed by atoms with Crippen LogP contribution in [0.15, 0.2) is 97.2 Å². The lowest BCUT2D eigenvalue weighted by atomic mass is 10.1. The van der Waals surface area contributed by atoms with Crippen LogP contribution in [0.2, 0.25) is 0 Å². The lowest BCUT2D eigenvalue weighted by Gasteiger charge is -2.18. The minimum atomic E-state index is -0.791. The summed E-state index contributed by atoms with van der Waals surface area (Å²) in [6.45, 7) is 6.47. The third kappa shape index (κ3) is 57.2. The van der Waals surface area contributed by atoms with E-state index in [4.69, 9.17) is 14.2 Å². The molecule has 1 unspecified atom stereocenters. The van der Waals surface area contributed by atoms with Crippen LogP contribution >= 0.6 is 0 Å². The summed E-state index contributed by atoms with van der Waals surface area (Å²) in [5, 5.41) is 0. The number of hydrogen-bond acceptors (Lipinski definition) is 6. The Kier molecular flexibility index (Phi) is 56.8. The van der Waals surface area contributed by atoms with Crippen molar-refractivity contribution in [2.45, 2.75) is 290 Å². The number of rotatable bonds is 54. The van der Waals surface area contributed by atoms with E-state index in [1.807, 2.05) is 0 Å². The van der Waals surface area contributed by atoms with Gasteiger partial charge in [-0.15, -0.1) is 0 Å². The minimum absolute atomic E-state index is 0.0877. The molecular weight excluding hydrogens is 889 g/mol. The first-order valence-electron chi connectivity index (χ1n) is 30.2. The molecule has 0 spiro atoms. The number of unbranched alkanes of at least 4 members (excludes halogenated alkanes) is 27. The summed E-state index contributed by atoms with van der Waals surface area (Å²) in [5.41, 5.74) is 0. The molecule has 0 bridgehead atoms. The first-order valence-corrected chi connectivity index (χ1v) is 30.2. The van der Waals surface area contributed by atoms with Gasteiger partial charge in [-0.2, -0.15) is 0 Å². The van der Waals surface area contributed by atoms with Gasteiger partial charge in [0.05, 0.1) is 0 Å². The van der Waals surface area contributed by atoms with Gasteiger partial charge in [-0.3, -0.25) is 14.4 Å². The van der Waals surface area contributed by atoms with Crippen molar-refractivity contribution in [3.63, 3.8) is 0 Å². The number of carbonyl (C=O) groups is 3. The fourth-order valence-electron chi connectivity index (χ4n) is 8.26. The number of carbonyl (C=O) groups excluding carboxylic acids is 3. The van der Waals surface area contributed by atoms with Crippen LogP contribution in [0.25, 0.3) is 0 Å². The highest BCUT2D eigenvalue weighted by atomic mass is 16.6. The molecule has 0 radical (unpaired) electrons. The van der Waals surface area contributed by atoms with Crippen LogP contribution in [0.5, 0.6) is 0 Å². The van der Waals surface area contributed by atoms with E-state index in [1.54, 1.807) is 0 Å². The van der Waals surface area contributed by atoms with E-state index in [0.29, 0.717) is 19.3 Å². The Hall–Kier alpha value is -3.67. The summed E-state index contributed by atoms with van der Waals surface area (Å²) < 4.78 is 16.9. The van der Waals surface area contributed by atoms with Crippen LogP contribution in [0.1, 0.15) is 284 Å². The largest absolute Gasteiger partial charge is 0.462 e. The molecule has 412 valence electrons. The molecule has 0 aliphatic carbocycles. The van der Waals surface area contributed by atoms with Crippen LogP contribution in [0.3, 0.4) is 0 Å². The normalized spacial score (nSPS) is 12.8. The van der Waals surface area contributed by atoms with Gasteiger partial charge in [0.1, 0.15) is 13.2 Å². The molecule has 72 heavy (non-hydrogen) atoms. The first kappa shape index (κ1) is 68.3. The Morgan fingerprint density at radius 1 is 0.292 bits per heavy atom. The Labute approximate surface area is 445 Å². The van der Waals surface area contributed by atoms with Crippen molar-refractivity contribution >= 4 is 17.9 Å². The van der Waals surface area contributed by atoms with Gasteiger partial charge in [-0.05, 0) is 122 Å². The predicted octanol–water partition coefficient (Wildman–Crippen LogP) is 20.5. The Bertz CT molecular complexity index is 1430. The highest BCUT2D eigenvalue weighted by molar-refractivity contribution is 5.71. The van der Waals surface area contributed by atoms with E-state index in [-0.39, 0.29) is 31.1 Å². The van der Waals surface area contributed by atoms with E-state index < -0.39 is 6.10 Å². The second kappa shape index (κ2) is 59.9. The van der Waals surface area contributed by atoms with Crippen molar-refractivity contribution in [3.05, 3.63) is 97.2 Å². The molecule has 0 fully saturated rings. The zero-order valence-corrected chi connectivity index (χ0v) is 47.2. The molecule has 0 aromatic carbocycles. The molecule has 0 N–H and O–H groups in total. The number of hydrogen-bond donors (Lipinski definition) is 0. The van der Waals surface area contributed by atoms with E-state index in [1.165, 1.54) is 128 Å². The third-order valence-corrected chi connectivity index (χ3v) is 12.8. The van der Waals surface area contributed by atoms with Crippen LogP contribution < -0.4 is 0 Å². The zero-order chi connectivity index (χ0) is 52.2. The molecule has 0 saturated heterocycles. The second-order valence-electron chi connectivity index (χ2n) is 19.9. The van der Waals surface area contributed by atoms with Gasteiger partial charge in [-0.25, -0.2) is 0 Å². The zero-order valence-electron chi connectivity index (χ0n) is 47.2. The monoisotopic (exact) mass is 1000 g/mol. The van der Waals surface area contributed by atoms with Gasteiger partial charge in [-0.1, -0.05) is 240 Å². The average Bonchev–Trinajstić information content (AvgIpc) is 3.38. The molecule has 6 nitrogen and oxygen atoms in total. The van der Waals surface area contributed by atoms with Gasteiger partial charge in [0.25, 0.3) is 0 Å². The fraction of sp³-hybridized carbons (Fsp3) is 0.712. The van der Waals surface area contributed by atoms with Crippen LogP contribution in [0.4, 0.5) is 0 Å². The summed E-state index contributed by atoms with van der Waals surface area (Å²) in [7, 11) is 0. The van der Waals surface area contributed by atoms with Crippen molar-refractivity contribution in [1.82, 2.24) is 0 Å². The Morgan fingerprint density at radius 3 is 0.861 bits per heavy atom. The lowest BCUT2D eigenvalue weighted by Crippen LogP contribution is -2.30. The van der Waals surface area contributed by atoms with E-state index >= 15 is 0 Å². The SMILES string of the molecule is CC/C=C\C/C=C\C/C=C\C/C=C\CCCCCCCCCCCCC(=O)OCC(COC(=O)CCCCCCC/C=C\CCCCC)OC(=O)CCCCCCCC/C=C\C/C=C\C/C=C\CCCCC. The third-order valence-electron chi connectivity index (χ3n) is 12.8. The predicted molar refractivity (Wildman–Crippen MR) is 311 cm³/mol. The average molecular weight is 1000 g/mol. The standard InChI is InChI=1S/C66H112O6/c1-4-7-10-13-16-19-22-25-27-29-31-32-33-34-36-37-39-41-44-47-50-53-56-59-65(68)71-62-63(61-70-64(67)58-55-52-49-46-43-24-21-18-15-12-9-6-3)72-66(69)60-57-54-51-48-45-42-40-38-35-30-28-26-23-20-17-14-11-8-5-2/h7,10,16-21,25-28,31-32,35,38,63H,4-6,8-9,11-15,22-24,29-30,33-34,36-37,39-62H2,1-3H3/b10-7-,19-16-,20-17-,21-18-,27-25-,28-26-,32-31-,38-35-. The fourth-order valence-corrected chi connectivity index (χ4v) is 8.26. The smallest absolute Gasteiger partial charge is 0.306 e. The van der Waals surface area contributed by atoms with Crippen molar-refractivity contribution < 1.29 is 28.6 Å². The number of esters is 3. The Balaban J connectivity index is 4.36. The molecule has 6 heteroatoms. The summed E-state index contributed by atoms with van der Waals surface area (Å²) in [4.78, 5) is 38.2. The van der Waals surface area contributed by atoms with Crippen LogP contribution in [-0.2, 0) is 28.6 Å². The van der Waals surface area contributed by atoms with Crippen molar-refractivity contribution in [2.75, 3.05) is 13.2 Å². The second-order valence-corrected chi connectivity index (χ2v) is 19.9. The molecule has 0 rings (SSSR count). The molecule has 1 atom stereocenters. The van der Waals surface area contributed by atoms with E-state index in [2.05, 4.69) is 118 Å². The van der Waals surface area contributed by atoms with E-state index in [9.17, 15) is 14.4 Å². The summed E-state index contributed by atoms with van der Waals surface area (Å²) >= 11 is 0. The highest BCUT2D eigenvalue weighted by Crippen LogP contribution is 2.15. The molecule has 0 aliphatic heterocycles. The lowest BCUT2D eigenvalue weighted by molar-refractivity contribution is -0.167. The molecule has 0 saturated carbocycles. The van der Waals surface area contributed by atoms with Crippen molar-refractivity contribution in [2.24, 2.45) is 0 Å². The maximum absolute atomic E-state index is 12.9. The Morgan fingerprint density at radius 2 is 0.542 bits per heavy atom. The summed E-state index contributed by atoms with van der Waals surface area (Å²) in [6.07, 6.45) is 79.7. The molecule has 0 aromatic rings. The highest BCUT2D eigenvalue weighted by Gasteiger charge is 2.19. The van der Waals surface area contributed by atoms with Gasteiger partial charge in [0.15, 0.2) is 6.10 Å². The van der Waals surface area contributed by atoms with Crippen molar-refractivity contribution in [3.8, 4) is 0 Å². The topological polar surface area (TPSA) is 78.9 Å². The molecular formula is C66H112O6. The molecule has 0 amide bonds. The number of allylic oxidation sites excluding steroid dienone is 16. The number of ether oxygens (including phenoxy) is 3. The molecule has 0 aromatic heterocycles. The van der Waals surface area contributed by atoms with Gasteiger partial charge in [0.2, 0.25) is 0 Å². The maximum atomic E-state index is 12.9. The first-order chi connectivity index (χ1) is 35.5. The van der Waals surface area contributed by atoms with Crippen molar-refractivity contribution in [1.29, 1.82) is 0 Å². The van der Waals surface area contributed by atoms with Crippen LogP contribution in [-0.4, -0.2) is 37.2 Å². The summed E-state index contributed by atoms with van der Waals surface area (Å²) in [5.74, 6) is -0.908. The van der Waals surface area contributed by atoms with Gasteiger partial charge >= 0.3 is 17.9 Å². The molecule has 0 heterocycles. The van der Waals surface area contributed by atoms with Crippen LogP contribution in [0, 0.1) is 0 Å². The quantitative estimate of drug-likeness (QED) is 0.0261.